The lowest BCUT2D eigenvalue weighted by atomic mass is 10.2. The third kappa shape index (κ3) is 2.42. The van der Waals surface area contributed by atoms with Gasteiger partial charge >= 0.3 is 6.16 Å². The second-order valence-electron chi connectivity index (χ2n) is 4.05. The van der Waals surface area contributed by atoms with Crippen LogP contribution in [-0.4, -0.2) is 11.4 Å². The fraction of sp³-hybridized carbons (Fsp3) is 0.0714. The Morgan fingerprint density at radius 1 is 1.10 bits per heavy atom. The molecule has 0 saturated heterocycles. The Morgan fingerprint density at radius 3 is 2.60 bits per heavy atom. The summed E-state index contributed by atoms with van der Waals surface area (Å²) in [5, 5.41) is 10.1. The fourth-order valence-corrected chi connectivity index (χ4v) is 1.85. The minimum atomic E-state index is -1.03. The van der Waals surface area contributed by atoms with Gasteiger partial charge in [0.05, 0.1) is 5.56 Å². The van der Waals surface area contributed by atoms with E-state index in [9.17, 15) is 10.0 Å². The van der Waals surface area contributed by atoms with Gasteiger partial charge in [-0.05, 0) is 18.2 Å². The first-order chi connectivity index (χ1) is 9.74. The van der Waals surface area contributed by atoms with Crippen molar-refractivity contribution < 1.29 is 24.3 Å². The molecule has 1 unspecified atom stereocenters. The first kappa shape index (κ1) is 12.5. The largest absolute Gasteiger partial charge is 0.516 e. The second-order valence-corrected chi connectivity index (χ2v) is 4.05. The number of carbonyl (C=O) groups excluding carboxylic acids is 1. The van der Waals surface area contributed by atoms with E-state index in [1.807, 2.05) is 0 Å². The van der Waals surface area contributed by atoms with Crippen LogP contribution < -0.4 is 9.96 Å². The van der Waals surface area contributed by atoms with Crippen LogP contribution in [0.5, 0.6) is 5.75 Å². The molecule has 20 heavy (non-hydrogen) atoms. The number of para-hydroxylation sites is 2. The predicted octanol–water partition coefficient (Wildman–Crippen LogP) is 3.04. The lowest BCUT2D eigenvalue weighted by Gasteiger charge is -2.12. The molecule has 0 aliphatic carbocycles. The second kappa shape index (κ2) is 5.20. The molecule has 1 aliphatic rings. The summed E-state index contributed by atoms with van der Waals surface area (Å²) < 4.78 is 10.0. The molecule has 0 aromatic heterocycles. The van der Waals surface area contributed by atoms with Gasteiger partial charge in [0.25, 0.3) is 6.29 Å². The Hall–Kier alpha value is -2.57. The van der Waals surface area contributed by atoms with E-state index in [1.54, 1.807) is 54.6 Å². The molecular weight excluding hydrogens is 262 g/mol. The molecule has 1 N–H and O–H groups in total. The Bertz CT molecular complexity index is 616. The van der Waals surface area contributed by atoms with E-state index < -0.39 is 12.4 Å². The van der Waals surface area contributed by atoms with Crippen molar-refractivity contribution in [3.8, 4) is 5.75 Å². The minimum absolute atomic E-state index is 0.365. The van der Waals surface area contributed by atoms with Gasteiger partial charge in [-0.2, -0.15) is 4.84 Å². The summed E-state index contributed by atoms with van der Waals surface area (Å²) in [7, 11) is 0. The number of benzene rings is 2. The molecule has 1 heterocycles. The molecule has 2 aromatic carbocycles. The van der Waals surface area contributed by atoms with Crippen LogP contribution in [0, 0.1) is 0 Å². The lowest BCUT2D eigenvalue weighted by Crippen LogP contribution is -2.18. The van der Waals surface area contributed by atoms with E-state index in [0.717, 1.165) is 0 Å². The average Bonchev–Trinajstić information content (AvgIpc) is 2.77. The highest BCUT2D eigenvalue weighted by molar-refractivity contribution is 5.65. The third-order valence-electron chi connectivity index (χ3n) is 2.74. The summed E-state index contributed by atoms with van der Waals surface area (Å²) in [5.74, 6) is 0.365. The third-order valence-corrected chi connectivity index (χ3v) is 2.74. The van der Waals surface area contributed by atoms with Crippen molar-refractivity contribution in [2.45, 2.75) is 6.29 Å². The number of rotatable bonds is 2. The molecule has 6 nitrogen and oxygen atoms in total. The number of anilines is 1. The minimum Gasteiger partial charge on any atom is -0.397 e. The van der Waals surface area contributed by atoms with E-state index in [-0.39, 0.29) is 0 Å². The summed E-state index contributed by atoms with van der Waals surface area (Å²) in [5.41, 5.74) is 0.963. The van der Waals surface area contributed by atoms with Crippen molar-refractivity contribution in [3.63, 3.8) is 0 Å². The van der Waals surface area contributed by atoms with Gasteiger partial charge < -0.3 is 9.47 Å². The van der Waals surface area contributed by atoms with Crippen LogP contribution in [0.4, 0.5) is 10.5 Å². The SMILES string of the molecule is O=C(Oc1ccccc1)OC1ON(O)c2ccccc21. The van der Waals surface area contributed by atoms with Gasteiger partial charge in [-0.15, -0.1) is 5.23 Å². The zero-order chi connectivity index (χ0) is 13.9. The van der Waals surface area contributed by atoms with E-state index in [1.165, 1.54) is 0 Å². The standard InChI is InChI=1S/C14H11NO5/c16-14(18-10-6-2-1-3-7-10)19-13-11-8-4-5-9-12(11)15(17)20-13/h1-9,13,17H. The zero-order valence-electron chi connectivity index (χ0n) is 10.3. The summed E-state index contributed by atoms with van der Waals surface area (Å²) >= 11 is 0. The van der Waals surface area contributed by atoms with E-state index in [4.69, 9.17) is 14.3 Å². The molecule has 6 heteroatoms. The number of nitrogens with zero attached hydrogens (tertiary/aromatic N) is 1. The van der Waals surface area contributed by atoms with Crippen LogP contribution in [0.1, 0.15) is 11.9 Å². The first-order valence-electron chi connectivity index (χ1n) is 5.92. The maximum Gasteiger partial charge on any atom is 0.516 e. The molecule has 0 saturated carbocycles. The fourth-order valence-electron chi connectivity index (χ4n) is 1.85. The van der Waals surface area contributed by atoms with Gasteiger partial charge in [-0.25, -0.2) is 4.79 Å². The smallest absolute Gasteiger partial charge is 0.397 e. The topological polar surface area (TPSA) is 68.2 Å². The van der Waals surface area contributed by atoms with Crippen molar-refractivity contribution in [3.05, 3.63) is 60.2 Å². The van der Waals surface area contributed by atoms with Crippen LogP contribution in [0.3, 0.4) is 0 Å². The van der Waals surface area contributed by atoms with Gasteiger partial charge in [0.1, 0.15) is 11.4 Å². The van der Waals surface area contributed by atoms with Crippen LogP contribution >= 0.6 is 0 Å². The van der Waals surface area contributed by atoms with Crippen molar-refractivity contribution in [2.75, 3.05) is 5.23 Å². The van der Waals surface area contributed by atoms with E-state index >= 15 is 0 Å². The highest BCUT2D eigenvalue weighted by Gasteiger charge is 2.32. The van der Waals surface area contributed by atoms with Crippen molar-refractivity contribution in [1.29, 1.82) is 0 Å². The number of ether oxygens (including phenoxy) is 2. The first-order valence-corrected chi connectivity index (χ1v) is 5.92. The van der Waals surface area contributed by atoms with Gasteiger partial charge in [-0.3, -0.25) is 5.21 Å². The van der Waals surface area contributed by atoms with Crippen molar-refractivity contribution >= 4 is 11.8 Å². The molecule has 0 amide bonds. The Kier molecular flexibility index (Phi) is 3.24. The molecule has 1 aliphatic heterocycles. The molecule has 0 fully saturated rings. The molecule has 1 atom stereocenters. The van der Waals surface area contributed by atoms with Crippen molar-refractivity contribution in [1.82, 2.24) is 0 Å². The molecule has 0 radical (unpaired) electrons. The molecule has 2 aromatic rings. The Morgan fingerprint density at radius 2 is 1.80 bits per heavy atom. The zero-order valence-corrected chi connectivity index (χ0v) is 10.3. The van der Waals surface area contributed by atoms with E-state index in [2.05, 4.69) is 0 Å². The Balaban J connectivity index is 1.69. The molecule has 0 spiro atoms. The van der Waals surface area contributed by atoms with E-state index in [0.29, 0.717) is 22.2 Å². The monoisotopic (exact) mass is 273 g/mol. The molecule has 3 rings (SSSR count). The highest BCUT2D eigenvalue weighted by Crippen LogP contribution is 2.36. The molecular formula is C14H11NO5. The number of hydrogen-bond donors (Lipinski definition) is 1. The number of carbonyl (C=O) groups is 1. The summed E-state index contributed by atoms with van der Waals surface area (Å²) in [6, 6.07) is 15.3. The van der Waals surface area contributed by atoms with Crippen LogP contribution in [-0.2, 0) is 9.57 Å². The normalized spacial score (nSPS) is 16.6. The van der Waals surface area contributed by atoms with Gasteiger partial charge in [0.15, 0.2) is 0 Å². The molecule has 0 bridgehead atoms. The summed E-state index contributed by atoms with van der Waals surface area (Å²) in [6.07, 6.45) is -1.95. The Labute approximate surface area is 114 Å². The molecule has 102 valence electrons. The van der Waals surface area contributed by atoms with Crippen LogP contribution in [0.15, 0.2) is 54.6 Å². The van der Waals surface area contributed by atoms with Gasteiger partial charge in [0, 0.05) is 0 Å². The average molecular weight is 273 g/mol. The van der Waals surface area contributed by atoms with Crippen LogP contribution in [0.2, 0.25) is 0 Å². The predicted molar refractivity (Wildman–Crippen MR) is 68.1 cm³/mol. The quantitative estimate of drug-likeness (QED) is 0.670. The summed E-state index contributed by atoms with van der Waals surface area (Å²) in [6.45, 7) is 0. The maximum atomic E-state index is 11.7. The van der Waals surface area contributed by atoms with Crippen LogP contribution in [0.25, 0.3) is 0 Å². The van der Waals surface area contributed by atoms with Gasteiger partial charge in [0.2, 0.25) is 0 Å². The maximum absolute atomic E-state index is 11.7. The highest BCUT2D eigenvalue weighted by atomic mass is 16.9. The lowest BCUT2D eigenvalue weighted by molar-refractivity contribution is -0.164. The number of hydrogen-bond acceptors (Lipinski definition) is 6. The summed E-state index contributed by atoms with van der Waals surface area (Å²) in [4.78, 5) is 16.7. The number of fused-ring (bicyclic) bond motifs is 1. The van der Waals surface area contributed by atoms with Gasteiger partial charge in [-0.1, -0.05) is 36.4 Å². The van der Waals surface area contributed by atoms with Crippen molar-refractivity contribution in [2.24, 2.45) is 0 Å².